The molecule has 114 valence electrons. The molecule has 1 aromatic carbocycles. The Kier molecular flexibility index (Phi) is 7.35. The van der Waals surface area contributed by atoms with E-state index in [2.05, 4.69) is 42.3 Å². The molecule has 2 rings (SSSR count). The minimum Gasteiger partial charge on any atom is -0.492 e. The molecular formula is C16H27ClN2O. The summed E-state index contributed by atoms with van der Waals surface area (Å²) < 4.78 is 5.92. The molecule has 3 nitrogen and oxygen atoms in total. The van der Waals surface area contributed by atoms with Gasteiger partial charge in [0.1, 0.15) is 12.4 Å². The summed E-state index contributed by atoms with van der Waals surface area (Å²) in [6.45, 7) is 9.58. The third kappa shape index (κ3) is 4.97. The zero-order chi connectivity index (χ0) is 13.7. The highest BCUT2D eigenvalue weighted by Gasteiger charge is 2.21. The molecule has 4 heteroatoms. The molecule has 1 saturated heterocycles. The number of likely N-dealkylation sites (tertiary alicyclic amines) is 1. The highest BCUT2D eigenvalue weighted by atomic mass is 35.5. The van der Waals surface area contributed by atoms with Gasteiger partial charge in [0.05, 0.1) is 0 Å². The van der Waals surface area contributed by atoms with Crippen LogP contribution in [0.2, 0.25) is 0 Å². The Labute approximate surface area is 129 Å². The monoisotopic (exact) mass is 298 g/mol. The zero-order valence-corrected chi connectivity index (χ0v) is 13.6. The number of hydrogen-bond acceptors (Lipinski definition) is 3. The van der Waals surface area contributed by atoms with Crippen LogP contribution in [0, 0.1) is 19.8 Å². The Bertz CT molecular complexity index is 411. The van der Waals surface area contributed by atoms with E-state index in [9.17, 15) is 0 Å². The molecule has 20 heavy (non-hydrogen) atoms. The lowest BCUT2D eigenvalue weighted by Gasteiger charge is -2.17. The summed E-state index contributed by atoms with van der Waals surface area (Å²) >= 11 is 0. The third-order valence-corrected chi connectivity index (χ3v) is 3.87. The molecule has 1 atom stereocenters. The van der Waals surface area contributed by atoms with Gasteiger partial charge in [0.15, 0.2) is 0 Å². The third-order valence-electron chi connectivity index (χ3n) is 3.87. The van der Waals surface area contributed by atoms with Gasteiger partial charge in [-0.25, -0.2) is 0 Å². The first-order valence-corrected chi connectivity index (χ1v) is 7.26. The maximum Gasteiger partial charge on any atom is 0.122 e. The van der Waals surface area contributed by atoms with Gasteiger partial charge in [-0.2, -0.15) is 0 Å². The van der Waals surface area contributed by atoms with Gasteiger partial charge in [-0.1, -0.05) is 12.1 Å². The first-order valence-electron chi connectivity index (χ1n) is 7.26. The summed E-state index contributed by atoms with van der Waals surface area (Å²) in [4.78, 5) is 2.51. The first-order chi connectivity index (χ1) is 9.19. The van der Waals surface area contributed by atoms with Crippen molar-refractivity contribution in [2.24, 2.45) is 5.92 Å². The molecule has 0 spiro atoms. The van der Waals surface area contributed by atoms with E-state index in [1.54, 1.807) is 0 Å². The molecule has 0 aliphatic carbocycles. The minimum absolute atomic E-state index is 0. The van der Waals surface area contributed by atoms with Gasteiger partial charge >= 0.3 is 0 Å². The van der Waals surface area contributed by atoms with Crippen molar-refractivity contribution in [3.63, 3.8) is 0 Å². The fourth-order valence-corrected chi connectivity index (χ4v) is 2.72. The van der Waals surface area contributed by atoms with E-state index in [-0.39, 0.29) is 12.4 Å². The van der Waals surface area contributed by atoms with Crippen molar-refractivity contribution in [1.29, 1.82) is 0 Å². The van der Waals surface area contributed by atoms with Gasteiger partial charge < -0.3 is 10.1 Å². The maximum atomic E-state index is 5.92. The number of aryl methyl sites for hydroxylation is 2. The summed E-state index contributed by atoms with van der Waals surface area (Å²) in [6, 6.07) is 6.39. The molecular weight excluding hydrogens is 272 g/mol. The average molecular weight is 299 g/mol. The zero-order valence-electron chi connectivity index (χ0n) is 12.8. The molecule has 1 unspecified atom stereocenters. The summed E-state index contributed by atoms with van der Waals surface area (Å²) in [7, 11) is 2.03. The highest BCUT2D eigenvalue weighted by molar-refractivity contribution is 5.85. The molecule has 1 N–H and O–H groups in total. The van der Waals surface area contributed by atoms with Crippen LogP contribution >= 0.6 is 12.4 Å². The Hall–Kier alpha value is -0.770. The lowest BCUT2D eigenvalue weighted by atomic mass is 10.1. The highest BCUT2D eigenvalue weighted by Crippen LogP contribution is 2.19. The van der Waals surface area contributed by atoms with Crippen LogP contribution in [0.3, 0.4) is 0 Å². The molecule has 1 aliphatic heterocycles. The van der Waals surface area contributed by atoms with E-state index < -0.39 is 0 Å². The van der Waals surface area contributed by atoms with Gasteiger partial charge in [0, 0.05) is 13.1 Å². The van der Waals surface area contributed by atoms with Crippen LogP contribution in [-0.2, 0) is 0 Å². The number of benzene rings is 1. The predicted octanol–water partition coefficient (Wildman–Crippen LogP) is 2.65. The van der Waals surface area contributed by atoms with Crippen LogP contribution in [0.4, 0.5) is 0 Å². The molecule has 1 heterocycles. The summed E-state index contributed by atoms with van der Waals surface area (Å²) in [5, 5.41) is 3.27. The van der Waals surface area contributed by atoms with Crippen molar-refractivity contribution >= 4 is 12.4 Å². The maximum absolute atomic E-state index is 5.92. The van der Waals surface area contributed by atoms with Crippen molar-refractivity contribution < 1.29 is 4.74 Å². The normalized spacial score (nSPS) is 18.9. The second-order valence-corrected chi connectivity index (χ2v) is 5.63. The van der Waals surface area contributed by atoms with E-state index in [4.69, 9.17) is 4.74 Å². The number of rotatable bonds is 6. The average Bonchev–Trinajstić information content (AvgIpc) is 2.82. The van der Waals surface area contributed by atoms with Crippen molar-refractivity contribution in [3.8, 4) is 5.75 Å². The van der Waals surface area contributed by atoms with E-state index in [1.807, 2.05) is 7.05 Å². The van der Waals surface area contributed by atoms with Crippen molar-refractivity contribution in [2.45, 2.75) is 20.3 Å². The Morgan fingerprint density at radius 1 is 1.35 bits per heavy atom. The summed E-state index contributed by atoms with van der Waals surface area (Å²) in [5.41, 5.74) is 2.48. The molecule has 0 bridgehead atoms. The van der Waals surface area contributed by atoms with E-state index in [0.717, 1.165) is 31.4 Å². The first kappa shape index (κ1) is 17.3. The van der Waals surface area contributed by atoms with Crippen molar-refractivity contribution in [2.75, 3.05) is 39.8 Å². The Morgan fingerprint density at radius 3 is 2.90 bits per heavy atom. The van der Waals surface area contributed by atoms with Crippen LogP contribution in [0.25, 0.3) is 0 Å². The Morgan fingerprint density at radius 2 is 2.15 bits per heavy atom. The van der Waals surface area contributed by atoms with Gasteiger partial charge in [-0.15, -0.1) is 12.4 Å². The Balaban J connectivity index is 0.00000200. The molecule has 0 amide bonds. The SMILES string of the molecule is CNCC1CCN(CCOc2cc(C)ccc2C)C1.Cl. The van der Waals surface area contributed by atoms with Gasteiger partial charge in [0.2, 0.25) is 0 Å². The molecule has 1 fully saturated rings. The molecule has 1 aromatic rings. The van der Waals surface area contributed by atoms with Gasteiger partial charge in [-0.05, 0) is 63.5 Å². The minimum atomic E-state index is 0. The predicted molar refractivity (Wildman–Crippen MR) is 87.1 cm³/mol. The summed E-state index contributed by atoms with van der Waals surface area (Å²) in [5.74, 6) is 1.84. The number of ether oxygens (including phenoxy) is 1. The van der Waals surface area contributed by atoms with Crippen LogP contribution in [-0.4, -0.2) is 44.7 Å². The molecule has 0 saturated carbocycles. The number of nitrogens with zero attached hydrogens (tertiary/aromatic N) is 1. The molecule has 1 aliphatic rings. The molecule has 0 radical (unpaired) electrons. The van der Waals surface area contributed by atoms with Crippen LogP contribution in [0.5, 0.6) is 5.75 Å². The topological polar surface area (TPSA) is 24.5 Å². The van der Waals surface area contributed by atoms with Crippen molar-refractivity contribution in [1.82, 2.24) is 10.2 Å². The van der Waals surface area contributed by atoms with E-state index >= 15 is 0 Å². The van der Waals surface area contributed by atoms with Crippen LogP contribution < -0.4 is 10.1 Å². The largest absolute Gasteiger partial charge is 0.492 e. The second-order valence-electron chi connectivity index (χ2n) is 5.63. The van der Waals surface area contributed by atoms with Gasteiger partial charge in [-0.3, -0.25) is 4.90 Å². The smallest absolute Gasteiger partial charge is 0.122 e. The lowest BCUT2D eigenvalue weighted by Crippen LogP contribution is -2.28. The molecule has 0 aromatic heterocycles. The van der Waals surface area contributed by atoms with Crippen LogP contribution in [0.1, 0.15) is 17.5 Å². The second kappa shape index (κ2) is 8.50. The standard InChI is InChI=1S/C16H26N2O.ClH/c1-13-4-5-14(2)16(10-13)19-9-8-18-7-6-15(12-18)11-17-3;/h4-5,10,15,17H,6-9,11-12H2,1-3H3;1H. The fourth-order valence-electron chi connectivity index (χ4n) is 2.72. The van der Waals surface area contributed by atoms with Crippen LogP contribution in [0.15, 0.2) is 18.2 Å². The van der Waals surface area contributed by atoms with E-state index in [0.29, 0.717) is 0 Å². The quantitative estimate of drug-likeness (QED) is 0.874. The lowest BCUT2D eigenvalue weighted by molar-refractivity contribution is 0.231. The van der Waals surface area contributed by atoms with Gasteiger partial charge in [0.25, 0.3) is 0 Å². The number of halogens is 1. The fraction of sp³-hybridized carbons (Fsp3) is 0.625. The summed E-state index contributed by atoms with van der Waals surface area (Å²) in [6.07, 6.45) is 1.31. The number of hydrogen-bond donors (Lipinski definition) is 1. The number of nitrogens with one attached hydrogen (secondary N) is 1. The van der Waals surface area contributed by atoms with Crippen molar-refractivity contribution in [3.05, 3.63) is 29.3 Å². The van der Waals surface area contributed by atoms with E-state index in [1.165, 1.54) is 30.6 Å².